The molecule has 0 fully saturated rings. The van der Waals surface area contributed by atoms with Crippen LogP contribution in [0.3, 0.4) is 0 Å². The lowest BCUT2D eigenvalue weighted by Gasteiger charge is -2.01. The van der Waals surface area contributed by atoms with E-state index in [0.717, 1.165) is 18.4 Å². The lowest BCUT2D eigenvalue weighted by Crippen LogP contribution is -2.09. The summed E-state index contributed by atoms with van der Waals surface area (Å²) in [5.74, 6) is -0.179. The van der Waals surface area contributed by atoms with Gasteiger partial charge in [-0.1, -0.05) is 0 Å². The van der Waals surface area contributed by atoms with Gasteiger partial charge in [-0.2, -0.15) is 5.10 Å². The van der Waals surface area contributed by atoms with Gasteiger partial charge in [-0.3, -0.25) is 9.48 Å². The van der Waals surface area contributed by atoms with E-state index in [9.17, 15) is 4.79 Å². The molecule has 0 aromatic carbocycles. The molecule has 0 saturated carbocycles. The van der Waals surface area contributed by atoms with Crippen molar-refractivity contribution in [1.29, 1.82) is 0 Å². The van der Waals surface area contributed by atoms with E-state index in [1.165, 1.54) is 0 Å². The highest BCUT2D eigenvalue weighted by Crippen LogP contribution is 2.02. The third kappa shape index (κ3) is 4.44. The summed E-state index contributed by atoms with van der Waals surface area (Å²) >= 11 is 0. The minimum absolute atomic E-state index is 0.179. The summed E-state index contributed by atoms with van der Waals surface area (Å²) in [6.45, 7) is 3.49. The smallest absolute Gasteiger partial charge is 0.307 e. The molecular weight excluding hydrogens is 206 g/mol. The van der Waals surface area contributed by atoms with Gasteiger partial charge in [-0.25, -0.2) is 0 Å². The van der Waals surface area contributed by atoms with E-state index >= 15 is 0 Å². The molecule has 0 aliphatic heterocycles. The van der Waals surface area contributed by atoms with Gasteiger partial charge >= 0.3 is 5.97 Å². The van der Waals surface area contributed by atoms with Gasteiger partial charge in [0.25, 0.3) is 0 Å². The van der Waals surface area contributed by atoms with Gasteiger partial charge in [0, 0.05) is 6.20 Å². The first-order chi connectivity index (χ1) is 7.76. The topological polar surface area (TPSA) is 70.1 Å². The van der Waals surface area contributed by atoms with Crippen molar-refractivity contribution < 1.29 is 9.53 Å². The average molecular weight is 225 g/mol. The molecule has 5 nitrogen and oxygen atoms in total. The van der Waals surface area contributed by atoms with Crippen LogP contribution >= 0.6 is 0 Å². The zero-order chi connectivity index (χ0) is 11.8. The van der Waals surface area contributed by atoms with Crippen molar-refractivity contribution in [3.63, 3.8) is 0 Å². The van der Waals surface area contributed by atoms with Gasteiger partial charge in [-0.15, -0.1) is 0 Å². The Hall–Kier alpha value is -1.36. The largest absolute Gasteiger partial charge is 0.466 e. The zero-order valence-corrected chi connectivity index (χ0v) is 9.69. The van der Waals surface area contributed by atoms with Crippen LogP contribution in [0.15, 0.2) is 12.4 Å². The van der Waals surface area contributed by atoms with Crippen LogP contribution in [-0.2, 0) is 22.5 Å². The molecule has 0 aliphatic carbocycles. The van der Waals surface area contributed by atoms with Crippen molar-refractivity contribution in [3.8, 4) is 0 Å². The summed E-state index contributed by atoms with van der Waals surface area (Å²) in [6, 6.07) is 0. The fraction of sp³-hybridized carbons (Fsp3) is 0.636. The van der Waals surface area contributed by atoms with E-state index in [-0.39, 0.29) is 5.97 Å². The number of carbonyl (C=O) groups excluding carboxylic acids is 1. The fourth-order valence-corrected chi connectivity index (χ4v) is 1.40. The molecule has 1 aromatic rings. The molecule has 0 spiro atoms. The summed E-state index contributed by atoms with van der Waals surface area (Å²) in [5.41, 5.74) is 6.59. The number of nitrogens with zero attached hydrogens (tertiary/aromatic N) is 2. The lowest BCUT2D eigenvalue weighted by molar-refractivity contribution is -0.143. The van der Waals surface area contributed by atoms with Gasteiger partial charge in [0.1, 0.15) is 0 Å². The Labute approximate surface area is 95.6 Å². The van der Waals surface area contributed by atoms with Crippen LogP contribution in [0.25, 0.3) is 0 Å². The highest BCUT2D eigenvalue weighted by Gasteiger charge is 2.03. The number of aromatic nitrogens is 2. The second-order valence-electron chi connectivity index (χ2n) is 3.56. The lowest BCUT2D eigenvalue weighted by atomic mass is 10.2. The second kappa shape index (κ2) is 7.00. The van der Waals surface area contributed by atoms with E-state index < -0.39 is 0 Å². The fourth-order valence-electron chi connectivity index (χ4n) is 1.40. The number of hydrogen-bond acceptors (Lipinski definition) is 4. The van der Waals surface area contributed by atoms with Crippen molar-refractivity contribution in [2.45, 2.75) is 32.7 Å². The molecule has 0 amide bonds. The summed E-state index contributed by atoms with van der Waals surface area (Å²) < 4.78 is 6.61. The molecule has 0 radical (unpaired) electrons. The van der Waals surface area contributed by atoms with Crippen LogP contribution in [0.5, 0.6) is 0 Å². The number of esters is 1. The molecule has 0 saturated heterocycles. The summed E-state index contributed by atoms with van der Waals surface area (Å²) in [6.07, 6.45) is 6.04. The van der Waals surface area contributed by atoms with Gasteiger partial charge in [0.2, 0.25) is 0 Å². The quantitative estimate of drug-likeness (QED) is 0.694. The van der Waals surface area contributed by atoms with Gasteiger partial charge in [-0.05, 0) is 31.9 Å². The molecule has 2 N–H and O–H groups in total. The van der Waals surface area contributed by atoms with Crippen LogP contribution in [0.2, 0.25) is 0 Å². The third-order valence-corrected chi connectivity index (χ3v) is 2.21. The molecule has 0 aliphatic rings. The van der Waals surface area contributed by atoms with E-state index in [2.05, 4.69) is 5.10 Å². The Kier molecular flexibility index (Phi) is 5.56. The molecule has 0 unspecified atom stereocenters. The average Bonchev–Trinajstić information content (AvgIpc) is 2.72. The molecule has 1 aromatic heterocycles. The SMILES string of the molecule is CCOC(=O)CCn1cc(CCCN)cn1. The van der Waals surface area contributed by atoms with E-state index in [0.29, 0.717) is 26.1 Å². The molecule has 0 atom stereocenters. The summed E-state index contributed by atoms with van der Waals surface area (Å²) in [7, 11) is 0. The Morgan fingerprint density at radius 1 is 1.62 bits per heavy atom. The first kappa shape index (κ1) is 12.7. The number of rotatable bonds is 7. The number of carbonyl (C=O) groups is 1. The maximum atomic E-state index is 11.1. The highest BCUT2D eigenvalue weighted by atomic mass is 16.5. The van der Waals surface area contributed by atoms with E-state index in [1.54, 1.807) is 11.6 Å². The predicted molar refractivity (Wildman–Crippen MR) is 60.9 cm³/mol. The van der Waals surface area contributed by atoms with Gasteiger partial charge in [0.15, 0.2) is 0 Å². The van der Waals surface area contributed by atoms with Crippen LogP contribution in [-0.4, -0.2) is 28.9 Å². The summed E-state index contributed by atoms with van der Waals surface area (Å²) in [4.78, 5) is 11.1. The van der Waals surface area contributed by atoms with Crippen molar-refractivity contribution in [2.75, 3.05) is 13.2 Å². The van der Waals surface area contributed by atoms with Crippen molar-refractivity contribution in [3.05, 3.63) is 18.0 Å². The third-order valence-electron chi connectivity index (χ3n) is 2.21. The molecular formula is C11H19N3O2. The number of hydrogen-bond donors (Lipinski definition) is 1. The molecule has 1 rings (SSSR count). The van der Waals surface area contributed by atoms with Crippen molar-refractivity contribution >= 4 is 5.97 Å². The minimum Gasteiger partial charge on any atom is -0.466 e. The Bertz CT molecular complexity index is 323. The zero-order valence-electron chi connectivity index (χ0n) is 9.69. The number of ether oxygens (including phenoxy) is 1. The van der Waals surface area contributed by atoms with Crippen molar-refractivity contribution in [1.82, 2.24) is 9.78 Å². The van der Waals surface area contributed by atoms with E-state index in [4.69, 9.17) is 10.5 Å². The van der Waals surface area contributed by atoms with Crippen LogP contribution < -0.4 is 5.73 Å². The van der Waals surface area contributed by atoms with Crippen molar-refractivity contribution in [2.24, 2.45) is 5.73 Å². The summed E-state index contributed by atoms with van der Waals surface area (Å²) in [5, 5.41) is 4.17. The molecule has 16 heavy (non-hydrogen) atoms. The number of nitrogens with two attached hydrogens (primary N) is 1. The van der Waals surface area contributed by atoms with Crippen LogP contribution in [0.4, 0.5) is 0 Å². The highest BCUT2D eigenvalue weighted by molar-refractivity contribution is 5.69. The standard InChI is InChI=1S/C11H19N3O2/c1-2-16-11(15)5-7-14-9-10(8-13-14)4-3-6-12/h8-9H,2-7,12H2,1H3. The minimum atomic E-state index is -0.179. The normalized spacial score (nSPS) is 10.4. The molecule has 5 heteroatoms. The molecule has 90 valence electrons. The molecule has 0 bridgehead atoms. The Morgan fingerprint density at radius 3 is 3.12 bits per heavy atom. The maximum absolute atomic E-state index is 11.1. The Morgan fingerprint density at radius 2 is 2.44 bits per heavy atom. The van der Waals surface area contributed by atoms with E-state index in [1.807, 2.05) is 12.4 Å². The first-order valence-electron chi connectivity index (χ1n) is 5.63. The van der Waals surface area contributed by atoms with Crippen LogP contribution in [0, 0.1) is 0 Å². The predicted octanol–water partition coefficient (Wildman–Crippen LogP) is 0.728. The maximum Gasteiger partial charge on any atom is 0.307 e. The number of aryl methyl sites for hydroxylation is 2. The van der Waals surface area contributed by atoms with Crippen LogP contribution in [0.1, 0.15) is 25.3 Å². The second-order valence-corrected chi connectivity index (χ2v) is 3.56. The Balaban J connectivity index is 2.31. The monoisotopic (exact) mass is 225 g/mol. The molecule has 1 heterocycles. The first-order valence-corrected chi connectivity index (χ1v) is 5.63. The van der Waals surface area contributed by atoms with Gasteiger partial charge < -0.3 is 10.5 Å². The van der Waals surface area contributed by atoms with Gasteiger partial charge in [0.05, 0.1) is 25.8 Å².